The fourth-order valence-electron chi connectivity index (χ4n) is 9.41. The molecule has 346 valence electrons. The van der Waals surface area contributed by atoms with Crippen LogP contribution in [0.2, 0.25) is 5.02 Å². The maximum atomic E-state index is 13.3. The Labute approximate surface area is 386 Å². The normalized spacial score (nSPS) is 19.8. The molecule has 3 saturated heterocycles. The molecule has 1 unspecified atom stereocenters. The molecule has 3 aromatic carbocycles. The van der Waals surface area contributed by atoms with Crippen LogP contribution < -0.4 is 45.4 Å². The molecule has 3 fully saturated rings. The van der Waals surface area contributed by atoms with E-state index in [0.29, 0.717) is 80.2 Å². The summed E-state index contributed by atoms with van der Waals surface area (Å²) in [6.07, 6.45) is 5.89. The topological polar surface area (TPSA) is 228 Å². The Morgan fingerprint density at radius 3 is 2.39 bits per heavy atom. The van der Waals surface area contributed by atoms with Crippen molar-refractivity contribution in [1.82, 2.24) is 30.8 Å². The number of halogens is 1. The number of carbonyl (C=O) groups excluding carboxylic acids is 5. The van der Waals surface area contributed by atoms with Crippen LogP contribution in [0, 0.1) is 5.92 Å². The zero-order valence-electron chi connectivity index (χ0n) is 36.4. The second-order valence-electron chi connectivity index (χ2n) is 17.0. The van der Waals surface area contributed by atoms with Gasteiger partial charge in [0.2, 0.25) is 33.7 Å². The standard InChI is InChI=1S/C45H50ClN11O8S/c1-65-37-23-30(7-9-34(37)51-45-49-24-33(46)40(53-45)50-35-5-3-4-26-13-21-56(39(26)35)66(2,63)64)54-19-14-28(15-20-54)47-16-17-48-41(59)27-12-18-55(25-27)29-6-8-31-32(22-29)44(62)57(43(31)61)36-10-11-38(58)52-42(36)60/h3-9,22-24,27-28,36,47H,10-21,25H2,1-2H3,(H,48,59)(H,52,58,60)(H2,49,50,51,53)/t27-,36?/m1/s1. The third-order valence-electron chi connectivity index (χ3n) is 12.8. The first kappa shape index (κ1) is 44.7. The van der Waals surface area contributed by atoms with E-state index in [1.54, 1.807) is 31.4 Å². The van der Waals surface area contributed by atoms with Crippen LogP contribution in [-0.4, -0.2) is 124 Å². The number of fused-ring (bicyclic) bond motifs is 2. The Balaban J connectivity index is 0.725. The van der Waals surface area contributed by atoms with Crippen molar-refractivity contribution < 1.29 is 37.1 Å². The summed E-state index contributed by atoms with van der Waals surface area (Å²) in [4.78, 5) is 78.0. The van der Waals surface area contributed by atoms with Gasteiger partial charge in [-0.25, -0.2) is 13.4 Å². The molecule has 5 amide bonds. The number of benzene rings is 3. The third kappa shape index (κ3) is 9.04. The number of aromatic nitrogens is 2. The van der Waals surface area contributed by atoms with Crippen LogP contribution in [0.3, 0.4) is 0 Å². The van der Waals surface area contributed by atoms with E-state index >= 15 is 0 Å². The molecular formula is C45H50ClN11O8S. The van der Waals surface area contributed by atoms with E-state index in [4.69, 9.17) is 16.3 Å². The van der Waals surface area contributed by atoms with E-state index < -0.39 is 39.7 Å². The van der Waals surface area contributed by atoms with Gasteiger partial charge >= 0.3 is 0 Å². The highest BCUT2D eigenvalue weighted by atomic mass is 35.5. The second-order valence-corrected chi connectivity index (χ2v) is 19.4. The van der Waals surface area contributed by atoms with Crippen LogP contribution in [0.15, 0.2) is 60.8 Å². The van der Waals surface area contributed by atoms with Crippen LogP contribution >= 0.6 is 11.6 Å². The van der Waals surface area contributed by atoms with E-state index in [1.807, 2.05) is 35.2 Å². The zero-order chi connectivity index (χ0) is 46.3. The lowest BCUT2D eigenvalue weighted by Crippen LogP contribution is -2.54. The number of sulfonamides is 1. The van der Waals surface area contributed by atoms with Crippen molar-refractivity contribution in [2.75, 3.05) is 83.9 Å². The predicted molar refractivity (Wildman–Crippen MR) is 249 cm³/mol. The van der Waals surface area contributed by atoms with Gasteiger partial charge in [-0.3, -0.25) is 38.5 Å². The number of para-hydroxylation sites is 1. The average molecular weight is 940 g/mol. The number of hydrogen-bond donors (Lipinski definition) is 5. The molecule has 9 rings (SSSR count). The highest BCUT2D eigenvalue weighted by Gasteiger charge is 2.45. The summed E-state index contributed by atoms with van der Waals surface area (Å²) < 4.78 is 32.2. The molecule has 5 aliphatic rings. The number of anilines is 7. The molecule has 19 nitrogen and oxygen atoms in total. The maximum Gasteiger partial charge on any atom is 0.262 e. The van der Waals surface area contributed by atoms with Crippen molar-refractivity contribution in [3.63, 3.8) is 0 Å². The average Bonchev–Trinajstić information content (AvgIpc) is 4.04. The minimum Gasteiger partial charge on any atom is -0.494 e. The number of carbonyl (C=O) groups is 5. The Hall–Kier alpha value is -6.51. The first-order valence-electron chi connectivity index (χ1n) is 22.0. The van der Waals surface area contributed by atoms with E-state index in [9.17, 15) is 32.4 Å². The van der Waals surface area contributed by atoms with Gasteiger partial charge in [0.1, 0.15) is 16.8 Å². The molecule has 21 heteroatoms. The molecule has 2 atom stereocenters. The summed E-state index contributed by atoms with van der Waals surface area (Å²) in [6, 6.07) is 15.7. The summed E-state index contributed by atoms with van der Waals surface area (Å²) >= 11 is 6.51. The SMILES string of the molecule is COc1cc(N2CCC(NCCNC(=O)[C@@H]3CCN(c4ccc5c(c4)C(=O)N(C4CCC(=O)NC4=O)C5=O)C3)CC2)ccc1Nc1ncc(Cl)c(Nc2cccc3c2N(S(C)(=O)=O)CC3)n1. The number of methoxy groups -OCH3 is 1. The number of hydrogen-bond acceptors (Lipinski definition) is 15. The number of piperidine rings is 2. The predicted octanol–water partition coefficient (Wildman–Crippen LogP) is 3.55. The van der Waals surface area contributed by atoms with Gasteiger partial charge in [0.25, 0.3) is 11.8 Å². The van der Waals surface area contributed by atoms with Crippen LogP contribution in [0.4, 0.5) is 40.2 Å². The number of nitrogens with one attached hydrogen (secondary N) is 5. The molecule has 0 aliphatic carbocycles. The molecule has 66 heavy (non-hydrogen) atoms. The van der Waals surface area contributed by atoms with Crippen molar-refractivity contribution in [3.05, 3.63) is 82.5 Å². The number of rotatable bonds is 14. The molecule has 4 aromatic rings. The van der Waals surface area contributed by atoms with Gasteiger partial charge in [0.15, 0.2) is 5.82 Å². The fourth-order valence-corrected chi connectivity index (χ4v) is 10.5. The smallest absolute Gasteiger partial charge is 0.262 e. The van der Waals surface area contributed by atoms with Crippen LogP contribution in [0.5, 0.6) is 5.75 Å². The molecule has 0 spiro atoms. The van der Waals surface area contributed by atoms with Gasteiger partial charge in [-0.2, -0.15) is 4.98 Å². The summed E-state index contributed by atoms with van der Waals surface area (Å²) in [5.41, 5.74) is 4.90. The number of imide groups is 2. The van der Waals surface area contributed by atoms with E-state index in [2.05, 4.69) is 41.5 Å². The lowest BCUT2D eigenvalue weighted by atomic mass is 10.0. The van der Waals surface area contributed by atoms with Crippen LogP contribution in [0.25, 0.3) is 0 Å². The van der Waals surface area contributed by atoms with Crippen molar-refractivity contribution in [2.24, 2.45) is 5.92 Å². The van der Waals surface area contributed by atoms with Crippen molar-refractivity contribution in [2.45, 2.75) is 50.6 Å². The van der Waals surface area contributed by atoms with Crippen molar-refractivity contribution in [1.29, 1.82) is 0 Å². The number of ether oxygens (including phenoxy) is 1. The van der Waals surface area contributed by atoms with Gasteiger partial charge in [0.05, 0.1) is 53.7 Å². The van der Waals surface area contributed by atoms with Gasteiger partial charge in [-0.05, 0) is 74.1 Å². The van der Waals surface area contributed by atoms with E-state index in [-0.39, 0.29) is 46.8 Å². The van der Waals surface area contributed by atoms with Gasteiger partial charge < -0.3 is 35.8 Å². The van der Waals surface area contributed by atoms with Crippen molar-refractivity contribution >= 4 is 91.4 Å². The fraction of sp³-hybridized carbons (Fsp3) is 0.400. The largest absolute Gasteiger partial charge is 0.494 e. The van der Waals surface area contributed by atoms with Gasteiger partial charge in [-0.15, -0.1) is 0 Å². The molecule has 6 heterocycles. The minimum absolute atomic E-state index is 0.0322. The molecule has 0 bridgehead atoms. The van der Waals surface area contributed by atoms with Crippen LogP contribution in [0.1, 0.15) is 58.4 Å². The number of amides is 5. The lowest BCUT2D eigenvalue weighted by Gasteiger charge is -2.34. The highest BCUT2D eigenvalue weighted by molar-refractivity contribution is 7.92. The molecule has 1 aromatic heterocycles. The number of nitrogens with zero attached hydrogens (tertiary/aromatic N) is 6. The monoisotopic (exact) mass is 939 g/mol. The summed E-state index contributed by atoms with van der Waals surface area (Å²) in [6.45, 7) is 4.20. The zero-order valence-corrected chi connectivity index (χ0v) is 38.0. The second kappa shape index (κ2) is 18.4. The molecule has 5 N–H and O–H groups in total. The van der Waals surface area contributed by atoms with E-state index in [0.717, 1.165) is 47.8 Å². The Bertz CT molecular complexity index is 2730. The highest BCUT2D eigenvalue weighted by Crippen LogP contribution is 2.40. The Morgan fingerprint density at radius 1 is 0.864 bits per heavy atom. The molecular weight excluding hydrogens is 890 g/mol. The van der Waals surface area contributed by atoms with Crippen molar-refractivity contribution in [3.8, 4) is 5.75 Å². The third-order valence-corrected chi connectivity index (χ3v) is 14.3. The summed E-state index contributed by atoms with van der Waals surface area (Å²) in [5, 5.41) is 15.6. The van der Waals surface area contributed by atoms with Crippen LogP contribution in [-0.2, 0) is 30.8 Å². The summed E-state index contributed by atoms with van der Waals surface area (Å²) in [5.74, 6) is -1.26. The summed E-state index contributed by atoms with van der Waals surface area (Å²) in [7, 11) is -1.88. The first-order valence-corrected chi connectivity index (χ1v) is 24.2. The maximum absolute atomic E-state index is 13.3. The first-order chi connectivity index (χ1) is 31.7. The Morgan fingerprint density at radius 2 is 1.62 bits per heavy atom. The molecule has 0 saturated carbocycles. The lowest BCUT2D eigenvalue weighted by molar-refractivity contribution is -0.136. The minimum atomic E-state index is -3.48. The molecule has 0 radical (unpaired) electrons. The quantitative estimate of drug-likeness (QED) is 0.0900. The van der Waals surface area contributed by atoms with E-state index in [1.165, 1.54) is 16.8 Å². The molecule has 5 aliphatic heterocycles. The van der Waals surface area contributed by atoms with Gasteiger partial charge in [0, 0.05) is 75.7 Å². The Kier molecular flexibility index (Phi) is 12.5. The van der Waals surface area contributed by atoms with Gasteiger partial charge in [-0.1, -0.05) is 23.7 Å².